The lowest BCUT2D eigenvalue weighted by molar-refractivity contribution is -0.137. The van der Waals surface area contributed by atoms with Crippen molar-refractivity contribution in [1.29, 1.82) is 0 Å². The van der Waals surface area contributed by atoms with Gasteiger partial charge in [0.15, 0.2) is 11.5 Å². The average Bonchev–Trinajstić information content (AvgIpc) is 2.65. The molecule has 0 fully saturated rings. The first kappa shape index (κ1) is 20.6. The molecule has 26 heavy (non-hydrogen) atoms. The lowest BCUT2D eigenvalue weighted by atomic mass is 9.86. The van der Waals surface area contributed by atoms with E-state index in [9.17, 15) is 4.79 Å². The number of hydrogen-bond donors (Lipinski definition) is 1. The van der Waals surface area contributed by atoms with Gasteiger partial charge in [-0.3, -0.25) is 4.79 Å². The number of methoxy groups -OCH3 is 2. The van der Waals surface area contributed by atoms with Gasteiger partial charge in [-0.1, -0.05) is 19.4 Å². The van der Waals surface area contributed by atoms with Gasteiger partial charge in [0.2, 0.25) is 0 Å². The molecule has 1 aliphatic rings. The van der Waals surface area contributed by atoms with Crippen LogP contribution in [0, 0.1) is 0 Å². The van der Waals surface area contributed by atoms with Crippen LogP contribution in [0.4, 0.5) is 0 Å². The van der Waals surface area contributed by atoms with Crippen molar-refractivity contribution in [1.82, 2.24) is 4.90 Å². The molecular formula is C21H33NO4. The van der Waals surface area contributed by atoms with E-state index in [1.807, 2.05) is 6.07 Å². The Morgan fingerprint density at radius 2 is 2.00 bits per heavy atom. The van der Waals surface area contributed by atoms with Crippen molar-refractivity contribution in [3.8, 4) is 11.5 Å². The Balaban J connectivity index is 1.98. The van der Waals surface area contributed by atoms with Crippen molar-refractivity contribution in [2.75, 3.05) is 27.3 Å². The van der Waals surface area contributed by atoms with Crippen molar-refractivity contribution in [3.63, 3.8) is 0 Å². The molecule has 5 heteroatoms. The molecule has 5 nitrogen and oxygen atoms in total. The summed E-state index contributed by atoms with van der Waals surface area (Å²) >= 11 is 0. The van der Waals surface area contributed by atoms with Gasteiger partial charge in [0.25, 0.3) is 0 Å². The summed E-state index contributed by atoms with van der Waals surface area (Å²) in [6.45, 7) is 4.38. The van der Waals surface area contributed by atoms with Gasteiger partial charge >= 0.3 is 5.97 Å². The summed E-state index contributed by atoms with van der Waals surface area (Å²) in [4.78, 5) is 13.2. The lowest BCUT2D eigenvalue weighted by Crippen LogP contribution is -2.40. The largest absolute Gasteiger partial charge is 0.493 e. The number of unbranched alkanes of at least 4 members (excludes halogenated alkanes) is 2. The normalized spacial score (nSPS) is 16.4. The van der Waals surface area contributed by atoms with E-state index in [-0.39, 0.29) is 6.42 Å². The number of carboxylic acids is 1. The summed E-state index contributed by atoms with van der Waals surface area (Å²) in [6, 6.07) is 4.75. The second-order valence-electron chi connectivity index (χ2n) is 7.08. The van der Waals surface area contributed by atoms with E-state index < -0.39 is 5.97 Å². The van der Waals surface area contributed by atoms with E-state index in [1.165, 1.54) is 11.1 Å². The van der Waals surface area contributed by atoms with Crippen molar-refractivity contribution in [2.24, 2.45) is 0 Å². The third-order valence-electron chi connectivity index (χ3n) is 5.29. The van der Waals surface area contributed by atoms with E-state index in [0.717, 1.165) is 69.5 Å². The number of fused-ring (bicyclic) bond motifs is 1. The topological polar surface area (TPSA) is 59.0 Å². The third-order valence-corrected chi connectivity index (χ3v) is 5.29. The van der Waals surface area contributed by atoms with E-state index in [0.29, 0.717) is 6.04 Å². The smallest absolute Gasteiger partial charge is 0.303 e. The minimum atomic E-state index is -0.691. The number of aliphatic carboxylic acids is 1. The Hall–Kier alpha value is -1.75. The quantitative estimate of drug-likeness (QED) is 0.604. The van der Waals surface area contributed by atoms with Crippen LogP contribution in [0.25, 0.3) is 0 Å². The molecule has 1 atom stereocenters. The fourth-order valence-corrected chi connectivity index (χ4v) is 4.01. The monoisotopic (exact) mass is 363 g/mol. The molecule has 1 aliphatic carbocycles. The molecule has 1 aromatic carbocycles. The van der Waals surface area contributed by atoms with Crippen molar-refractivity contribution < 1.29 is 19.4 Å². The molecule has 0 aliphatic heterocycles. The first-order valence-corrected chi connectivity index (χ1v) is 9.79. The predicted molar refractivity (Wildman–Crippen MR) is 103 cm³/mol. The minimum Gasteiger partial charge on any atom is -0.493 e. The fraction of sp³-hybridized carbons (Fsp3) is 0.667. The molecule has 0 heterocycles. The highest BCUT2D eigenvalue weighted by Crippen LogP contribution is 2.38. The molecule has 0 saturated carbocycles. The highest BCUT2D eigenvalue weighted by molar-refractivity contribution is 5.66. The number of carbonyl (C=O) groups is 1. The van der Waals surface area contributed by atoms with Crippen LogP contribution in [0.15, 0.2) is 12.1 Å². The second kappa shape index (κ2) is 10.4. The average molecular weight is 363 g/mol. The molecule has 1 N–H and O–H groups in total. The van der Waals surface area contributed by atoms with Crippen LogP contribution in [0.3, 0.4) is 0 Å². The maximum atomic E-state index is 10.6. The van der Waals surface area contributed by atoms with Gasteiger partial charge in [-0.2, -0.15) is 0 Å². The highest BCUT2D eigenvalue weighted by Gasteiger charge is 2.26. The molecule has 0 saturated heterocycles. The molecule has 0 bridgehead atoms. The van der Waals surface area contributed by atoms with Crippen LogP contribution >= 0.6 is 0 Å². The van der Waals surface area contributed by atoms with Gasteiger partial charge in [0.05, 0.1) is 14.2 Å². The summed E-state index contributed by atoms with van der Waals surface area (Å²) in [5, 5.41) is 8.75. The zero-order valence-electron chi connectivity index (χ0n) is 16.4. The van der Waals surface area contributed by atoms with Gasteiger partial charge in [-0.15, -0.1) is 0 Å². The summed E-state index contributed by atoms with van der Waals surface area (Å²) in [7, 11) is 3.40. The van der Waals surface area contributed by atoms with Crippen LogP contribution in [0.5, 0.6) is 11.5 Å². The van der Waals surface area contributed by atoms with Gasteiger partial charge in [0, 0.05) is 18.0 Å². The van der Waals surface area contributed by atoms with Gasteiger partial charge < -0.3 is 19.5 Å². The van der Waals surface area contributed by atoms with E-state index in [2.05, 4.69) is 17.9 Å². The number of hydrogen-bond acceptors (Lipinski definition) is 4. The second-order valence-corrected chi connectivity index (χ2v) is 7.08. The molecule has 1 aromatic rings. The molecule has 0 aromatic heterocycles. The van der Waals surface area contributed by atoms with E-state index in [4.69, 9.17) is 14.6 Å². The van der Waals surface area contributed by atoms with Crippen LogP contribution in [0.1, 0.15) is 56.6 Å². The maximum absolute atomic E-state index is 10.6. The van der Waals surface area contributed by atoms with E-state index >= 15 is 0 Å². The Kier molecular flexibility index (Phi) is 8.23. The molecule has 0 spiro atoms. The molecular weight excluding hydrogens is 330 g/mol. The van der Waals surface area contributed by atoms with Crippen LogP contribution in [0.2, 0.25) is 0 Å². The standard InChI is InChI=1S/C21H33NO4/c1-4-13-22(14-7-5-6-8-20(23)24)17-10-11-18-16(15-17)9-12-19(25-2)21(18)26-3/h9,12,17H,4-8,10-11,13-15H2,1-3H3,(H,23,24). The van der Waals surface area contributed by atoms with Crippen LogP contribution < -0.4 is 9.47 Å². The third kappa shape index (κ3) is 5.37. The summed E-state index contributed by atoms with van der Waals surface area (Å²) in [5.41, 5.74) is 2.66. The molecule has 146 valence electrons. The minimum absolute atomic E-state index is 0.284. The summed E-state index contributed by atoms with van der Waals surface area (Å²) in [5.74, 6) is 1.01. The molecule has 0 amide bonds. The zero-order chi connectivity index (χ0) is 18.9. The highest BCUT2D eigenvalue weighted by atomic mass is 16.5. The Morgan fingerprint density at radius 1 is 1.19 bits per heavy atom. The number of carboxylic acid groups (broad SMARTS) is 1. The SMILES string of the molecule is CCCN(CCCCCC(=O)O)C1CCc2c(ccc(OC)c2OC)C1. The molecule has 1 unspecified atom stereocenters. The summed E-state index contributed by atoms with van der Waals surface area (Å²) in [6.07, 6.45) is 7.45. The van der Waals surface area contributed by atoms with Gasteiger partial charge in [-0.05, 0) is 63.2 Å². The Labute approximate surface area is 157 Å². The molecule has 0 radical (unpaired) electrons. The lowest BCUT2D eigenvalue weighted by Gasteiger charge is -2.36. The first-order chi connectivity index (χ1) is 12.6. The number of ether oxygens (including phenoxy) is 2. The fourth-order valence-electron chi connectivity index (χ4n) is 4.01. The first-order valence-electron chi connectivity index (χ1n) is 9.79. The molecule has 2 rings (SSSR count). The van der Waals surface area contributed by atoms with Crippen molar-refractivity contribution in [3.05, 3.63) is 23.3 Å². The maximum Gasteiger partial charge on any atom is 0.303 e. The zero-order valence-corrected chi connectivity index (χ0v) is 16.4. The van der Waals surface area contributed by atoms with Gasteiger partial charge in [-0.25, -0.2) is 0 Å². The van der Waals surface area contributed by atoms with Gasteiger partial charge in [0.1, 0.15) is 0 Å². The Bertz CT molecular complexity index is 588. The summed E-state index contributed by atoms with van der Waals surface area (Å²) < 4.78 is 11.0. The Morgan fingerprint density at radius 3 is 2.65 bits per heavy atom. The number of nitrogens with zero attached hydrogens (tertiary/aromatic N) is 1. The van der Waals surface area contributed by atoms with Crippen molar-refractivity contribution >= 4 is 5.97 Å². The number of rotatable bonds is 11. The van der Waals surface area contributed by atoms with E-state index in [1.54, 1.807) is 14.2 Å². The van der Waals surface area contributed by atoms with Crippen molar-refractivity contribution in [2.45, 2.75) is 64.3 Å². The van der Waals surface area contributed by atoms with Crippen LogP contribution in [-0.4, -0.2) is 49.3 Å². The number of benzene rings is 1. The predicted octanol–water partition coefficient (Wildman–Crippen LogP) is 3.92. The van der Waals surface area contributed by atoms with Crippen LogP contribution in [-0.2, 0) is 17.6 Å².